The molecule has 1 rings (SSSR count). The molecule has 0 bridgehead atoms. The van der Waals surface area contributed by atoms with Crippen LogP contribution in [0.3, 0.4) is 0 Å². The fourth-order valence-corrected chi connectivity index (χ4v) is 1.38. The molecule has 4 heteroatoms. The van der Waals surface area contributed by atoms with E-state index in [2.05, 4.69) is 4.90 Å². The maximum absolute atomic E-state index is 12.9. The summed E-state index contributed by atoms with van der Waals surface area (Å²) in [5.41, 5.74) is 0.934. The molecule has 0 radical (unpaired) electrons. The van der Waals surface area contributed by atoms with Gasteiger partial charge in [-0.15, -0.1) is 0 Å². The zero-order valence-corrected chi connectivity index (χ0v) is 10.1. The lowest BCUT2D eigenvalue weighted by Crippen LogP contribution is -2.28. The van der Waals surface area contributed by atoms with Crippen LogP contribution in [0.1, 0.15) is 0 Å². The molecule has 84 valence electrons. The number of benzene rings is 1. The molecule has 0 aliphatic carbocycles. The second kappa shape index (κ2) is 5.33. The molecule has 0 amide bonds. The minimum absolute atomic E-state index is 0.171. The Morgan fingerprint density at radius 2 is 1.87 bits per heavy atom. The Morgan fingerprint density at radius 1 is 1.20 bits per heavy atom. The first-order chi connectivity index (χ1) is 7.00. The molecular weight excluding hydrogens is 215 g/mol. The number of anilines is 1. The third-order valence-corrected chi connectivity index (χ3v) is 2.52. The monoisotopic (exact) mass is 230 g/mol. The number of likely N-dealkylation sites (N-methyl/N-ethyl adjacent to an activating group) is 2. The van der Waals surface area contributed by atoms with Gasteiger partial charge in [0.05, 0.1) is 5.02 Å². The highest BCUT2D eigenvalue weighted by molar-refractivity contribution is 6.31. The summed E-state index contributed by atoms with van der Waals surface area (Å²) in [6.07, 6.45) is 0. The van der Waals surface area contributed by atoms with Crippen molar-refractivity contribution in [2.45, 2.75) is 0 Å². The van der Waals surface area contributed by atoms with Crippen LogP contribution >= 0.6 is 11.6 Å². The Hall–Kier alpha value is -0.800. The van der Waals surface area contributed by atoms with E-state index in [1.807, 2.05) is 26.0 Å². The molecule has 0 aliphatic rings. The molecule has 0 saturated carbocycles. The van der Waals surface area contributed by atoms with Crippen LogP contribution in [0.4, 0.5) is 10.1 Å². The molecule has 0 spiro atoms. The largest absolute Gasteiger partial charge is 0.373 e. The van der Waals surface area contributed by atoms with Crippen molar-refractivity contribution in [2.75, 3.05) is 39.1 Å². The van der Waals surface area contributed by atoms with Crippen molar-refractivity contribution in [3.8, 4) is 0 Å². The number of rotatable bonds is 4. The Balaban J connectivity index is 2.65. The van der Waals surface area contributed by atoms with E-state index >= 15 is 0 Å². The van der Waals surface area contributed by atoms with Gasteiger partial charge in [-0.25, -0.2) is 4.39 Å². The van der Waals surface area contributed by atoms with Crippen LogP contribution in [0, 0.1) is 5.82 Å². The van der Waals surface area contributed by atoms with Gasteiger partial charge in [0, 0.05) is 25.8 Å². The average molecular weight is 231 g/mol. The number of nitrogens with zero attached hydrogens (tertiary/aromatic N) is 2. The van der Waals surface area contributed by atoms with Crippen molar-refractivity contribution in [1.29, 1.82) is 0 Å². The molecule has 0 aromatic heterocycles. The van der Waals surface area contributed by atoms with Gasteiger partial charge in [0.2, 0.25) is 0 Å². The molecule has 0 N–H and O–H groups in total. The minimum Gasteiger partial charge on any atom is -0.373 e. The van der Waals surface area contributed by atoms with Crippen LogP contribution in [-0.2, 0) is 0 Å². The van der Waals surface area contributed by atoms with Crippen molar-refractivity contribution in [1.82, 2.24) is 4.90 Å². The molecular formula is C11H16ClFN2. The summed E-state index contributed by atoms with van der Waals surface area (Å²) in [6.45, 7) is 1.83. The van der Waals surface area contributed by atoms with E-state index in [-0.39, 0.29) is 10.8 Å². The van der Waals surface area contributed by atoms with E-state index in [1.54, 1.807) is 12.1 Å². The Morgan fingerprint density at radius 3 is 2.40 bits per heavy atom. The van der Waals surface area contributed by atoms with E-state index in [0.29, 0.717) is 0 Å². The highest BCUT2D eigenvalue weighted by atomic mass is 35.5. The molecule has 0 aliphatic heterocycles. The smallest absolute Gasteiger partial charge is 0.141 e. The van der Waals surface area contributed by atoms with Crippen LogP contribution < -0.4 is 4.90 Å². The zero-order chi connectivity index (χ0) is 11.4. The van der Waals surface area contributed by atoms with E-state index in [9.17, 15) is 4.39 Å². The van der Waals surface area contributed by atoms with E-state index < -0.39 is 0 Å². The van der Waals surface area contributed by atoms with Gasteiger partial charge >= 0.3 is 0 Å². The maximum Gasteiger partial charge on any atom is 0.141 e. The second-order valence-corrected chi connectivity index (χ2v) is 4.23. The predicted octanol–water partition coefficient (Wildman–Crippen LogP) is 2.48. The summed E-state index contributed by atoms with van der Waals surface area (Å²) in [5.74, 6) is -0.374. The summed E-state index contributed by atoms with van der Waals surface area (Å²) < 4.78 is 12.9. The summed E-state index contributed by atoms with van der Waals surface area (Å²) in [5, 5.41) is 0.171. The Labute approximate surface area is 95.2 Å². The van der Waals surface area contributed by atoms with Crippen LogP contribution in [0.2, 0.25) is 5.02 Å². The van der Waals surface area contributed by atoms with Crippen LogP contribution in [0.15, 0.2) is 18.2 Å². The minimum atomic E-state index is -0.374. The summed E-state index contributed by atoms with van der Waals surface area (Å²) in [4.78, 5) is 4.15. The molecule has 0 atom stereocenters. The van der Waals surface area contributed by atoms with Crippen molar-refractivity contribution >= 4 is 17.3 Å². The first-order valence-corrected chi connectivity index (χ1v) is 5.19. The number of hydrogen-bond acceptors (Lipinski definition) is 2. The molecule has 2 nitrogen and oxygen atoms in total. The molecule has 0 saturated heterocycles. The van der Waals surface area contributed by atoms with Gasteiger partial charge < -0.3 is 9.80 Å². The summed E-state index contributed by atoms with van der Waals surface area (Å²) in [7, 11) is 6.00. The lowest BCUT2D eigenvalue weighted by Gasteiger charge is -2.21. The Bertz CT molecular complexity index is 328. The summed E-state index contributed by atoms with van der Waals surface area (Å²) in [6, 6.07) is 4.77. The highest BCUT2D eigenvalue weighted by Gasteiger charge is 2.05. The first-order valence-electron chi connectivity index (χ1n) is 4.81. The predicted molar refractivity (Wildman–Crippen MR) is 63.2 cm³/mol. The normalized spacial score (nSPS) is 10.8. The van der Waals surface area contributed by atoms with Crippen molar-refractivity contribution in [2.24, 2.45) is 0 Å². The summed E-state index contributed by atoms with van der Waals surface area (Å²) >= 11 is 5.71. The average Bonchev–Trinajstić information content (AvgIpc) is 2.18. The zero-order valence-electron chi connectivity index (χ0n) is 9.30. The third-order valence-electron chi connectivity index (χ3n) is 2.23. The number of halogens is 2. The fourth-order valence-electron chi connectivity index (χ4n) is 1.20. The standard InChI is InChI=1S/C11H16ClFN2/c1-14(2)6-7-15(3)9-4-5-11(13)10(12)8-9/h4-5,8H,6-7H2,1-3H3. The van der Waals surface area contributed by atoms with Gasteiger partial charge in [0.25, 0.3) is 0 Å². The van der Waals surface area contributed by atoms with E-state index in [1.165, 1.54) is 6.07 Å². The second-order valence-electron chi connectivity index (χ2n) is 3.82. The molecule has 0 heterocycles. The highest BCUT2D eigenvalue weighted by Crippen LogP contribution is 2.21. The topological polar surface area (TPSA) is 6.48 Å². The Kier molecular flexibility index (Phi) is 4.36. The molecule has 1 aromatic carbocycles. The van der Waals surface area contributed by atoms with Gasteiger partial charge in [-0.2, -0.15) is 0 Å². The van der Waals surface area contributed by atoms with E-state index in [0.717, 1.165) is 18.8 Å². The van der Waals surface area contributed by atoms with Gasteiger partial charge in [-0.1, -0.05) is 11.6 Å². The van der Waals surface area contributed by atoms with Crippen LogP contribution in [0.5, 0.6) is 0 Å². The maximum atomic E-state index is 12.9. The third kappa shape index (κ3) is 3.68. The molecule has 15 heavy (non-hydrogen) atoms. The van der Waals surface area contributed by atoms with E-state index in [4.69, 9.17) is 11.6 Å². The van der Waals surface area contributed by atoms with Gasteiger partial charge in [0.15, 0.2) is 0 Å². The van der Waals surface area contributed by atoms with Crippen LogP contribution in [0.25, 0.3) is 0 Å². The lowest BCUT2D eigenvalue weighted by molar-refractivity contribution is 0.416. The quantitative estimate of drug-likeness (QED) is 0.784. The van der Waals surface area contributed by atoms with Crippen LogP contribution in [-0.4, -0.2) is 39.1 Å². The molecule has 0 unspecified atom stereocenters. The van der Waals surface area contributed by atoms with Crippen molar-refractivity contribution in [3.05, 3.63) is 29.0 Å². The van der Waals surface area contributed by atoms with Gasteiger partial charge in [0.1, 0.15) is 5.82 Å². The SMILES string of the molecule is CN(C)CCN(C)c1ccc(F)c(Cl)c1. The molecule has 1 aromatic rings. The first kappa shape index (κ1) is 12.3. The van der Waals surface area contributed by atoms with Gasteiger partial charge in [-0.3, -0.25) is 0 Å². The van der Waals surface area contributed by atoms with Crippen molar-refractivity contribution < 1.29 is 4.39 Å². The lowest BCUT2D eigenvalue weighted by atomic mass is 10.3. The molecule has 0 fully saturated rings. The number of hydrogen-bond donors (Lipinski definition) is 0. The van der Waals surface area contributed by atoms with Crippen molar-refractivity contribution in [3.63, 3.8) is 0 Å². The fraction of sp³-hybridized carbons (Fsp3) is 0.455. The van der Waals surface area contributed by atoms with Gasteiger partial charge in [-0.05, 0) is 32.3 Å².